The van der Waals surface area contributed by atoms with Gasteiger partial charge in [-0.05, 0) is 39.8 Å². The molecule has 0 radical (unpaired) electrons. The summed E-state index contributed by atoms with van der Waals surface area (Å²) in [6.45, 7) is 7.76. The monoisotopic (exact) mass is 242 g/mol. The number of nitrogens with zero attached hydrogens (tertiary/aromatic N) is 1. The molecule has 0 aliphatic rings. The number of anilines is 1. The van der Waals surface area contributed by atoms with Gasteiger partial charge in [-0.1, -0.05) is 0 Å². The lowest BCUT2D eigenvalue weighted by atomic mass is 10.3. The first-order valence-electron chi connectivity index (χ1n) is 5.23. The molecule has 0 aliphatic carbocycles. The smallest absolute Gasteiger partial charge is 0.200 e. The summed E-state index contributed by atoms with van der Waals surface area (Å²) in [5.74, 6) is 0. The molecule has 4 nitrogen and oxygen atoms in total. The molecule has 0 spiro atoms. The molecule has 0 fully saturated rings. The third-order valence-electron chi connectivity index (χ3n) is 2.20. The normalized spacial score (nSPS) is 12.5. The average molecular weight is 242 g/mol. The molecule has 0 saturated heterocycles. The van der Waals surface area contributed by atoms with Crippen LogP contribution in [0.2, 0.25) is 0 Å². The second kappa shape index (κ2) is 4.41. The number of nitrogens with one attached hydrogen (secondary N) is 1. The summed E-state index contributed by atoms with van der Waals surface area (Å²) < 4.78 is 23.3. The highest BCUT2D eigenvalue weighted by atomic mass is 32.2. The van der Waals surface area contributed by atoms with Crippen molar-refractivity contribution in [3.05, 3.63) is 18.3 Å². The van der Waals surface area contributed by atoms with Gasteiger partial charge >= 0.3 is 0 Å². The molecule has 1 heterocycles. The van der Waals surface area contributed by atoms with E-state index in [9.17, 15) is 8.42 Å². The van der Waals surface area contributed by atoms with Gasteiger partial charge in [0.2, 0.25) is 0 Å². The lowest BCUT2D eigenvalue weighted by molar-refractivity contribution is 0.556. The lowest BCUT2D eigenvalue weighted by Crippen LogP contribution is -2.28. The van der Waals surface area contributed by atoms with E-state index in [4.69, 9.17) is 0 Å². The zero-order valence-electron chi connectivity index (χ0n) is 10.1. The first kappa shape index (κ1) is 13.0. The van der Waals surface area contributed by atoms with E-state index in [-0.39, 0.29) is 5.03 Å². The number of hydrogen-bond donors (Lipinski definition) is 1. The fraction of sp³-hybridized carbons (Fsp3) is 0.545. The van der Waals surface area contributed by atoms with Gasteiger partial charge in [0.25, 0.3) is 0 Å². The van der Waals surface area contributed by atoms with Gasteiger partial charge < -0.3 is 5.32 Å². The number of rotatable bonds is 3. The van der Waals surface area contributed by atoms with Crippen LogP contribution in [0, 0.1) is 0 Å². The maximum absolute atomic E-state index is 12.0. The van der Waals surface area contributed by atoms with Crippen LogP contribution in [0.25, 0.3) is 0 Å². The standard InChI is InChI=1S/C11H18N2O2S/c1-5-12-9-6-7-10(13-8-9)16(14,15)11(2,3)4/h6-8,12H,5H2,1-4H3. The van der Waals surface area contributed by atoms with Crippen molar-refractivity contribution in [1.82, 2.24) is 4.98 Å². The summed E-state index contributed by atoms with van der Waals surface area (Å²) in [6.07, 6.45) is 1.54. The highest BCUT2D eigenvalue weighted by molar-refractivity contribution is 7.92. The molecule has 0 bridgehead atoms. The van der Waals surface area contributed by atoms with Gasteiger partial charge in [-0.25, -0.2) is 13.4 Å². The molecule has 0 aromatic carbocycles. The molecular weight excluding hydrogens is 224 g/mol. The van der Waals surface area contributed by atoms with Gasteiger partial charge in [0.15, 0.2) is 14.9 Å². The van der Waals surface area contributed by atoms with E-state index in [0.717, 1.165) is 12.2 Å². The molecule has 0 amide bonds. The maximum Gasteiger partial charge on any atom is 0.200 e. The Labute approximate surface area is 97.0 Å². The fourth-order valence-corrected chi connectivity index (χ4v) is 2.23. The number of pyridine rings is 1. The molecule has 1 aromatic heterocycles. The Morgan fingerprint density at radius 1 is 1.31 bits per heavy atom. The second-order valence-corrected chi connectivity index (χ2v) is 7.18. The Morgan fingerprint density at radius 3 is 2.31 bits per heavy atom. The molecule has 1 rings (SSSR count). The van der Waals surface area contributed by atoms with Gasteiger partial charge in [-0.2, -0.15) is 0 Å². The van der Waals surface area contributed by atoms with Crippen LogP contribution in [0.1, 0.15) is 27.7 Å². The van der Waals surface area contributed by atoms with E-state index in [1.807, 2.05) is 6.92 Å². The first-order chi connectivity index (χ1) is 7.29. The van der Waals surface area contributed by atoms with Crippen LogP contribution < -0.4 is 5.32 Å². The van der Waals surface area contributed by atoms with Gasteiger partial charge in [-0.3, -0.25) is 0 Å². The topological polar surface area (TPSA) is 59.1 Å². The Kier molecular flexibility index (Phi) is 3.57. The van der Waals surface area contributed by atoms with Crippen molar-refractivity contribution in [2.24, 2.45) is 0 Å². The van der Waals surface area contributed by atoms with Crippen LogP contribution >= 0.6 is 0 Å². The minimum Gasteiger partial charge on any atom is -0.384 e. The van der Waals surface area contributed by atoms with Crippen LogP contribution in [0.15, 0.2) is 23.4 Å². The van der Waals surface area contributed by atoms with Crippen molar-refractivity contribution in [1.29, 1.82) is 0 Å². The average Bonchev–Trinajstić information content (AvgIpc) is 2.17. The summed E-state index contributed by atoms with van der Waals surface area (Å²) in [4.78, 5) is 3.98. The molecule has 0 saturated carbocycles. The van der Waals surface area contributed by atoms with Crippen molar-refractivity contribution in [2.45, 2.75) is 37.5 Å². The summed E-state index contributed by atoms with van der Waals surface area (Å²) in [6, 6.07) is 3.27. The highest BCUT2D eigenvalue weighted by Crippen LogP contribution is 2.23. The number of sulfone groups is 1. The van der Waals surface area contributed by atoms with Crippen LogP contribution in [0.4, 0.5) is 5.69 Å². The third kappa shape index (κ3) is 2.52. The minimum absolute atomic E-state index is 0.127. The molecular formula is C11H18N2O2S. The predicted molar refractivity (Wildman–Crippen MR) is 65.3 cm³/mol. The lowest BCUT2D eigenvalue weighted by Gasteiger charge is -2.18. The SMILES string of the molecule is CCNc1ccc(S(=O)(=O)C(C)(C)C)nc1. The van der Waals surface area contributed by atoms with Gasteiger partial charge in [0.05, 0.1) is 16.6 Å². The van der Waals surface area contributed by atoms with Gasteiger partial charge in [0.1, 0.15) is 0 Å². The molecule has 0 atom stereocenters. The Bertz CT molecular complexity index is 444. The Hall–Kier alpha value is -1.10. The van der Waals surface area contributed by atoms with E-state index in [2.05, 4.69) is 10.3 Å². The van der Waals surface area contributed by atoms with Crippen molar-refractivity contribution in [2.75, 3.05) is 11.9 Å². The fourth-order valence-electron chi connectivity index (χ4n) is 1.16. The van der Waals surface area contributed by atoms with Gasteiger partial charge in [0, 0.05) is 6.54 Å². The third-order valence-corrected chi connectivity index (χ3v) is 4.60. The largest absolute Gasteiger partial charge is 0.384 e. The van der Waals surface area contributed by atoms with E-state index < -0.39 is 14.6 Å². The summed E-state index contributed by atoms with van der Waals surface area (Å²) in [5, 5.41) is 3.19. The molecule has 16 heavy (non-hydrogen) atoms. The highest BCUT2D eigenvalue weighted by Gasteiger charge is 2.31. The van der Waals surface area contributed by atoms with E-state index >= 15 is 0 Å². The predicted octanol–water partition coefficient (Wildman–Crippen LogP) is 2.09. The molecule has 90 valence electrons. The van der Waals surface area contributed by atoms with Crippen LogP contribution in [0.5, 0.6) is 0 Å². The van der Waals surface area contributed by atoms with E-state index in [1.54, 1.807) is 39.1 Å². The van der Waals surface area contributed by atoms with Crippen molar-refractivity contribution in [3.63, 3.8) is 0 Å². The van der Waals surface area contributed by atoms with Crippen molar-refractivity contribution >= 4 is 15.5 Å². The summed E-state index contributed by atoms with van der Waals surface area (Å²) in [7, 11) is -3.35. The maximum atomic E-state index is 12.0. The van der Waals surface area contributed by atoms with Crippen LogP contribution in [-0.2, 0) is 9.84 Å². The quantitative estimate of drug-likeness (QED) is 0.881. The second-order valence-electron chi connectivity index (χ2n) is 4.53. The van der Waals surface area contributed by atoms with Crippen molar-refractivity contribution < 1.29 is 8.42 Å². The Morgan fingerprint density at radius 2 is 1.94 bits per heavy atom. The molecule has 0 unspecified atom stereocenters. The molecule has 1 aromatic rings. The van der Waals surface area contributed by atoms with Gasteiger partial charge in [-0.15, -0.1) is 0 Å². The first-order valence-corrected chi connectivity index (χ1v) is 6.72. The number of aromatic nitrogens is 1. The molecule has 0 aliphatic heterocycles. The zero-order valence-corrected chi connectivity index (χ0v) is 10.9. The molecule has 1 N–H and O–H groups in total. The van der Waals surface area contributed by atoms with Crippen LogP contribution in [-0.4, -0.2) is 24.7 Å². The Balaban J connectivity index is 3.08. The molecule has 5 heteroatoms. The summed E-state index contributed by atoms with van der Waals surface area (Å²) >= 11 is 0. The van der Waals surface area contributed by atoms with Crippen LogP contribution in [0.3, 0.4) is 0 Å². The summed E-state index contributed by atoms with van der Waals surface area (Å²) in [5.41, 5.74) is 0.829. The zero-order chi connectivity index (χ0) is 12.4. The number of hydrogen-bond acceptors (Lipinski definition) is 4. The van der Waals surface area contributed by atoms with Crippen molar-refractivity contribution in [3.8, 4) is 0 Å². The van der Waals surface area contributed by atoms with E-state index in [0.29, 0.717) is 0 Å². The van der Waals surface area contributed by atoms with E-state index in [1.165, 1.54) is 0 Å². The minimum atomic E-state index is -3.35.